The van der Waals surface area contributed by atoms with Crippen LogP contribution in [0.5, 0.6) is 0 Å². The zero-order valence-corrected chi connectivity index (χ0v) is 9.02. The average Bonchev–Trinajstić information content (AvgIpc) is 2.99. The van der Waals surface area contributed by atoms with Gasteiger partial charge in [-0.05, 0) is 36.4 Å². The van der Waals surface area contributed by atoms with Crippen LogP contribution >= 0.6 is 0 Å². The second-order valence-electron chi connectivity index (χ2n) is 4.62. The van der Waals surface area contributed by atoms with Gasteiger partial charge in [-0.1, -0.05) is 6.07 Å². The molecule has 4 heteroatoms. The minimum absolute atomic E-state index is 0.0432. The minimum atomic E-state index is 0.0432. The van der Waals surface area contributed by atoms with Crippen LogP contribution in [0.25, 0.3) is 0 Å². The number of piperidine rings is 1. The lowest BCUT2D eigenvalue weighted by Gasteiger charge is -2.13. The van der Waals surface area contributed by atoms with Crippen LogP contribution in [-0.2, 0) is 11.3 Å². The molecule has 1 aromatic heterocycles. The van der Waals surface area contributed by atoms with Crippen molar-refractivity contribution in [1.29, 1.82) is 0 Å². The molecule has 2 heterocycles. The third kappa shape index (κ3) is 1.80. The van der Waals surface area contributed by atoms with Crippen LogP contribution in [0.1, 0.15) is 12.0 Å². The first-order valence-corrected chi connectivity index (χ1v) is 5.74. The molecule has 1 saturated carbocycles. The predicted octanol–water partition coefficient (Wildman–Crippen LogP) is 0.306. The van der Waals surface area contributed by atoms with Crippen molar-refractivity contribution in [3.63, 3.8) is 0 Å². The Labute approximate surface area is 94.5 Å². The van der Waals surface area contributed by atoms with E-state index in [0.29, 0.717) is 12.5 Å². The van der Waals surface area contributed by atoms with E-state index in [4.69, 9.17) is 0 Å². The summed E-state index contributed by atoms with van der Waals surface area (Å²) in [5.41, 5.74) is 1.04. The lowest BCUT2D eigenvalue weighted by Crippen LogP contribution is -2.42. The van der Waals surface area contributed by atoms with Gasteiger partial charge in [0.2, 0.25) is 5.91 Å². The Morgan fingerprint density at radius 1 is 1.62 bits per heavy atom. The SMILES string of the molecule is O=C(NCc1cccnc1)[C@H]1NC[C@@H]2C[C@@H]21. The maximum Gasteiger partial charge on any atom is 0.237 e. The van der Waals surface area contributed by atoms with Crippen LogP contribution in [0.15, 0.2) is 24.5 Å². The molecular weight excluding hydrogens is 202 g/mol. The standard InChI is InChI=1S/C12H15N3O/c16-12(11-10-4-9(10)7-14-11)15-6-8-2-1-3-13-5-8/h1-3,5,9-11,14H,4,6-7H2,(H,15,16)/t9-,10-,11-/m0/s1. The number of nitrogens with zero attached hydrogens (tertiary/aromatic N) is 1. The molecule has 0 aromatic carbocycles. The highest BCUT2D eigenvalue weighted by Crippen LogP contribution is 2.44. The fourth-order valence-electron chi connectivity index (χ4n) is 2.43. The summed E-state index contributed by atoms with van der Waals surface area (Å²) in [6.07, 6.45) is 4.74. The molecule has 2 N–H and O–H groups in total. The molecule has 1 aromatic rings. The molecule has 16 heavy (non-hydrogen) atoms. The third-order valence-electron chi connectivity index (χ3n) is 3.48. The van der Waals surface area contributed by atoms with Crippen LogP contribution in [0.3, 0.4) is 0 Å². The molecule has 0 unspecified atom stereocenters. The van der Waals surface area contributed by atoms with Crippen molar-refractivity contribution in [2.45, 2.75) is 19.0 Å². The van der Waals surface area contributed by atoms with E-state index in [0.717, 1.165) is 18.0 Å². The lowest BCUT2D eigenvalue weighted by atomic mass is 10.2. The second kappa shape index (κ2) is 3.87. The topological polar surface area (TPSA) is 54.0 Å². The first kappa shape index (κ1) is 9.78. The minimum Gasteiger partial charge on any atom is -0.351 e. The summed E-state index contributed by atoms with van der Waals surface area (Å²) in [4.78, 5) is 15.9. The fraction of sp³-hybridized carbons (Fsp3) is 0.500. The summed E-state index contributed by atoms with van der Waals surface area (Å²) in [5, 5.41) is 6.22. The number of hydrogen-bond donors (Lipinski definition) is 2. The Balaban J connectivity index is 1.53. The summed E-state index contributed by atoms with van der Waals surface area (Å²) in [6.45, 7) is 1.58. The van der Waals surface area contributed by atoms with Gasteiger partial charge in [0, 0.05) is 18.9 Å². The highest BCUT2D eigenvalue weighted by atomic mass is 16.2. The highest BCUT2D eigenvalue weighted by Gasteiger charge is 2.50. The van der Waals surface area contributed by atoms with Crippen molar-refractivity contribution in [1.82, 2.24) is 15.6 Å². The van der Waals surface area contributed by atoms with Crippen molar-refractivity contribution in [3.05, 3.63) is 30.1 Å². The molecule has 1 saturated heterocycles. The molecule has 1 amide bonds. The smallest absolute Gasteiger partial charge is 0.237 e. The van der Waals surface area contributed by atoms with Crippen LogP contribution in [0.4, 0.5) is 0 Å². The lowest BCUT2D eigenvalue weighted by molar-refractivity contribution is -0.123. The molecule has 2 aliphatic rings. The number of nitrogens with one attached hydrogen (secondary N) is 2. The molecule has 0 spiro atoms. The summed E-state index contributed by atoms with van der Waals surface area (Å²) in [6, 6.07) is 3.89. The number of amides is 1. The average molecular weight is 217 g/mol. The summed E-state index contributed by atoms with van der Waals surface area (Å²) >= 11 is 0. The maximum absolute atomic E-state index is 11.9. The van der Waals surface area contributed by atoms with E-state index in [1.54, 1.807) is 12.4 Å². The Bertz CT molecular complexity index is 393. The van der Waals surface area contributed by atoms with E-state index in [-0.39, 0.29) is 11.9 Å². The normalized spacial score (nSPS) is 30.9. The monoisotopic (exact) mass is 217 g/mol. The van der Waals surface area contributed by atoms with Crippen LogP contribution < -0.4 is 10.6 Å². The molecule has 3 rings (SSSR count). The van der Waals surface area contributed by atoms with Crippen molar-refractivity contribution in [3.8, 4) is 0 Å². The summed E-state index contributed by atoms with van der Waals surface area (Å²) in [7, 11) is 0. The molecular formula is C12H15N3O. The molecule has 84 valence electrons. The first-order chi connectivity index (χ1) is 7.84. The number of pyridine rings is 1. The van der Waals surface area contributed by atoms with Gasteiger partial charge in [-0.3, -0.25) is 9.78 Å². The molecule has 4 nitrogen and oxygen atoms in total. The largest absolute Gasteiger partial charge is 0.351 e. The molecule has 1 aliphatic carbocycles. The van der Waals surface area contributed by atoms with Crippen LogP contribution in [-0.4, -0.2) is 23.5 Å². The van der Waals surface area contributed by atoms with Gasteiger partial charge in [-0.2, -0.15) is 0 Å². The zero-order chi connectivity index (χ0) is 11.0. The zero-order valence-electron chi connectivity index (χ0n) is 9.02. The van der Waals surface area contributed by atoms with Gasteiger partial charge in [-0.15, -0.1) is 0 Å². The van der Waals surface area contributed by atoms with E-state index >= 15 is 0 Å². The Kier molecular flexibility index (Phi) is 2.36. The van der Waals surface area contributed by atoms with Gasteiger partial charge < -0.3 is 10.6 Å². The van der Waals surface area contributed by atoms with Gasteiger partial charge in [0.25, 0.3) is 0 Å². The molecule has 0 bridgehead atoms. The molecule has 3 atom stereocenters. The van der Waals surface area contributed by atoms with E-state index < -0.39 is 0 Å². The van der Waals surface area contributed by atoms with Crippen molar-refractivity contribution in [2.24, 2.45) is 11.8 Å². The van der Waals surface area contributed by atoms with Crippen molar-refractivity contribution in [2.75, 3.05) is 6.54 Å². The summed E-state index contributed by atoms with van der Waals surface area (Å²) in [5.74, 6) is 1.48. The van der Waals surface area contributed by atoms with Gasteiger partial charge >= 0.3 is 0 Å². The van der Waals surface area contributed by atoms with E-state index in [2.05, 4.69) is 15.6 Å². The number of rotatable bonds is 3. The van der Waals surface area contributed by atoms with Gasteiger partial charge in [-0.25, -0.2) is 0 Å². The van der Waals surface area contributed by atoms with E-state index in [1.807, 2.05) is 12.1 Å². The van der Waals surface area contributed by atoms with Crippen LogP contribution in [0, 0.1) is 11.8 Å². The van der Waals surface area contributed by atoms with Gasteiger partial charge in [0.15, 0.2) is 0 Å². The fourth-order valence-corrected chi connectivity index (χ4v) is 2.43. The first-order valence-electron chi connectivity index (χ1n) is 5.74. The van der Waals surface area contributed by atoms with Gasteiger partial charge in [0.05, 0.1) is 6.04 Å². The number of carbonyl (C=O) groups excluding carboxylic acids is 1. The molecule has 1 aliphatic heterocycles. The quantitative estimate of drug-likeness (QED) is 0.766. The highest BCUT2D eigenvalue weighted by molar-refractivity contribution is 5.83. The number of carbonyl (C=O) groups is 1. The maximum atomic E-state index is 11.9. The number of aromatic nitrogens is 1. The van der Waals surface area contributed by atoms with Crippen LogP contribution in [0.2, 0.25) is 0 Å². The second-order valence-corrected chi connectivity index (χ2v) is 4.62. The van der Waals surface area contributed by atoms with Crippen molar-refractivity contribution >= 4 is 5.91 Å². The third-order valence-corrected chi connectivity index (χ3v) is 3.48. The van der Waals surface area contributed by atoms with Crippen molar-refractivity contribution < 1.29 is 4.79 Å². The Hall–Kier alpha value is -1.42. The molecule has 2 fully saturated rings. The Morgan fingerprint density at radius 3 is 3.19 bits per heavy atom. The Morgan fingerprint density at radius 2 is 2.56 bits per heavy atom. The number of fused-ring (bicyclic) bond motifs is 1. The van der Waals surface area contributed by atoms with E-state index in [9.17, 15) is 4.79 Å². The predicted molar refractivity (Wildman–Crippen MR) is 59.5 cm³/mol. The van der Waals surface area contributed by atoms with E-state index in [1.165, 1.54) is 6.42 Å². The summed E-state index contributed by atoms with van der Waals surface area (Å²) < 4.78 is 0. The van der Waals surface area contributed by atoms with Gasteiger partial charge in [0.1, 0.15) is 0 Å². The molecule has 0 radical (unpaired) electrons. The number of hydrogen-bond acceptors (Lipinski definition) is 3.